The predicted octanol–water partition coefficient (Wildman–Crippen LogP) is 4.63. The standard InChI is InChI=1S/C24H32F3N5.HI/c1-2-28-23(29-13-12-24(25,26)27)30-18-20-8-6-7-9-21(20)19-31-14-16-32(17-15-31)22-10-4-3-5-11-22;/h3-11H,2,12-19H2,1H3,(H2,28,29,30);1H. The van der Waals surface area contributed by atoms with Crippen molar-refractivity contribution in [2.45, 2.75) is 32.6 Å². The fourth-order valence-electron chi connectivity index (χ4n) is 3.74. The minimum Gasteiger partial charge on any atom is -0.369 e. The van der Waals surface area contributed by atoms with Crippen LogP contribution in [0.3, 0.4) is 0 Å². The van der Waals surface area contributed by atoms with E-state index in [1.807, 2.05) is 31.2 Å². The van der Waals surface area contributed by atoms with Crippen molar-refractivity contribution < 1.29 is 13.2 Å². The lowest BCUT2D eigenvalue weighted by atomic mass is 10.1. The number of halogens is 4. The molecule has 2 N–H and O–H groups in total. The average Bonchev–Trinajstić information content (AvgIpc) is 2.78. The zero-order valence-corrected chi connectivity index (χ0v) is 21.3. The van der Waals surface area contributed by atoms with Crippen molar-refractivity contribution in [1.29, 1.82) is 0 Å². The number of guanidine groups is 1. The molecular weight excluding hydrogens is 542 g/mol. The molecule has 2 aromatic rings. The second-order valence-corrected chi connectivity index (χ2v) is 7.85. The first kappa shape index (κ1) is 27.2. The summed E-state index contributed by atoms with van der Waals surface area (Å²) in [5.74, 6) is 0.406. The molecule has 1 heterocycles. The maximum absolute atomic E-state index is 12.4. The zero-order valence-electron chi connectivity index (χ0n) is 18.9. The van der Waals surface area contributed by atoms with Crippen molar-refractivity contribution in [2.75, 3.05) is 44.2 Å². The number of para-hydroxylation sites is 1. The highest BCUT2D eigenvalue weighted by molar-refractivity contribution is 14.0. The number of aliphatic imine (C=N–C) groups is 1. The van der Waals surface area contributed by atoms with Gasteiger partial charge in [0.1, 0.15) is 0 Å². The Hall–Kier alpha value is -2.01. The first-order chi connectivity index (χ1) is 15.4. The summed E-state index contributed by atoms with van der Waals surface area (Å²) in [6.45, 7) is 7.48. The van der Waals surface area contributed by atoms with Crippen LogP contribution in [0.5, 0.6) is 0 Å². The van der Waals surface area contributed by atoms with Gasteiger partial charge in [-0.25, -0.2) is 4.99 Å². The SMILES string of the molecule is CCNC(=NCc1ccccc1CN1CCN(c2ccccc2)CC1)NCCC(F)(F)F.I. The summed E-state index contributed by atoms with van der Waals surface area (Å²) in [5.41, 5.74) is 3.55. The summed E-state index contributed by atoms with van der Waals surface area (Å²) >= 11 is 0. The van der Waals surface area contributed by atoms with Gasteiger partial charge in [-0.1, -0.05) is 42.5 Å². The highest BCUT2D eigenvalue weighted by atomic mass is 127. The van der Waals surface area contributed by atoms with Crippen LogP contribution in [0.4, 0.5) is 18.9 Å². The zero-order chi connectivity index (χ0) is 22.8. The van der Waals surface area contributed by atoms with Gasteiger partial charge < -0.3 is 15.5 Å². The van der Waals surface area contributed by atoms with E-state index in [0.29, 0.717) is 19.0 Å². The lowest BCUT2D eigenvalue weighted by Gasteiger charge is -2.36. The Labute approximate surface area is 211 Å². The van der Waals surface area contributed by atoms with Crippen LogP contribution >= 0.6 is 24.0 Å². The molecule has 0 amide bonds. The number of nitrogens with zero attached hydrogens (tertiary/aromatic N) is 3. The highest BCUT2D eigenvalue weighted by Gasteiger charge is 2.26. The predicted molar refractivity (Wildman–Crippen MR) is 139 cm³/mol. The molecule has 1 fully saturated rings. The first-order valence-corrected chi connectivity index (χ1v) is 11.1. The van der Waals surface area contributed by atoms with Gasteiger partial charge in [-0.2, -0.15) is 13.2 Å². The summed E-state index contributed by atoms with van der Waals surface area (Å²) in [4.78, 5) is 9.35. The lowest BCUT2D eigenvalue weighted by Crippen LogP contribution is -2.46. The quantitative estimate of drug-likeness (QED) is 0.274. The minimum absolute atomic E-state index is 0. The van der Waals surface area contributed by atoms with E-state index in [1.54, 1.807) is 0 Å². The van der Waals surface area contributed by atoms with E-state index in [-0.39, 0.29) is 30.5 Å². The summed E-state index contributed by atoms with van der Waals surface area (Å²) in [6.07, 6.45) is -5.07. The summed E-state index contributed by atoms with van der Waals surface area (Å²) < 4.78 is 37.3. The van der Waals surface area contributed by atoms with Gasteiger partial charge in [-0.3, -0.25) is 4.90 Å². The number of anilines is 1. The Morgan fingerprint density at radius 3 is 2.18 bits per heavy atom. The maximum atomic E-state index is 12.4. The second kappa shape index (κ2) is 13.6. The Morgan fingerprint density at radius 2 is 1.55 bits per heavy atom. The number of piperazine rings is 1. The number of rotatable bonds is 8. The topological polar surface area (TPSA) is 42.9 Å². The van der Waals surface area contributed by atoms with Gasteiger partial charge in [0.2, 0.25) is 0 Å². The molecule has 0 aromatic heterocycles. The number of hydrogen-bond acceptors (Lipinski definition) is 3. The molecule has 9 heteroatoms. The van der Waals surface area contributed by atoms with Gasteiger partial charge >= 0.3 is 6.18 Å². The van der Waals surface area contributed by atoms with Crippen molar-refractivity contribution in [3.63, 3.8) is 0 Å². The summed E-state index contributed by atoms with van der Waals surface area (Å²) in [7, 11) is 0. The molecule has 182 valence electrons. The minimum atomic E-state index is -4.18. The van der Waals surface area contributed by atoms with Crippen LogP contribution in [0.15, 0.2) is 59.6 Å². The largest absolute Gasteiger partial charge is 0.390 e. The van der Waals surface area contributed by atoms with Gasteiger partial charge in [0.15, 0.2) is 5.96 Å². The van der Waals surface area contributed by atoms with Crippen LogP contribution in [0, 0.1) is 0 Å². The monoisotopic (exact) mass is 575 g/mol. The molecule has 0 atom stereocenters. The summed E-state index contributed by atoms with van der Waals surface area (Å²) in [5, 5.41) is 5.79. The molecule has 0 aliphatic carbocycles. The first-order valence-electron chi connectivity index (χ1n) is 11.1. The molecule has 0 radical (unpaired) electrons. The number of benzene rings is 2. The van der Waals surface area contributed by atoms with E-state index in [9.17, 15) is 13.2 Å². The molecule has 1 aliphatic rings. The van der Waals surface area contributed by atoms with E-state index in [1.165, 1.54) is 11.3 Å². The van der Waals surface area contributed by atoms with Crippen molar-refractivity contribution >= 4 is 35.6 Å². The molecule has 2 aromatic carbocycles. The van der Waals surface area contributed by atoms with Crippen LogP contribution in [0.25, 0.3) is 0 Å². The normalized spacial score (nSPS) is 15.2. The van der Waals surface area contributed by atoms with Gasteiger partial charge in [0.25, 0.3) is 0 Å². The van der Waals surface area contributed by atoms with Crippen molar-refractivity contribution in [3.05, 3.63) is 65.7 Å². The van der Waals surface area contributed by atoms with Crippen LogP contribution < -0.4 is 15.5 Å². The fourth-order valence-corrected chi connectivity index (χ4v) is 3.74. The molecule has 0 spiro atoms. The Bertz CT molecular complexity index is 853. The molecule has 0 unspecified atom stereocenters. The van der Waals surface area contributed by atoms with Crippen molar-refractivity contribution in [1.82, 2.24) is 15.5 Å². The third-order valence-electron chi connectivity index (χ3n) is 5.46. The van der Waals surface area contributed by atoms with Crippen LogP contribution in [-0.2, 0) is 13.1 Å². The van der Waals surface area contributed by atoms with Crippen molar-refractivity contribution in [3.8, 4) is 0 Å². The summed E-state index contributed by atoms with van der Waals surface area (Å²) in [6, 6.07) is 18.6. The number of hydrogen-bond donors (Lipinski definition) is 2. The van der Waals surface area contributed by atoms with E-state index in [4.69, 9.17) is 0 Å². The molecule has 0 saturated carbocycles. The third-order valence-corrected chi connectivity index (χ3v) is 5.46. The Morgan fingerprint density at radius 1 is 0.909 bits per heavy atom. The molecule has 33 heavy (non-hydrogen) atoms. The van der Waals surface area contributed by atoms with Crippen LogP contribution in [-0.4, -0.2) is 56.3 Å². The molecule has 1 saturated heterocycles. The van der Waals surface area contributed by atoms with Gasteiger partial charge in [0, 0.05) is 51.5 Å². The number of alkyl halides is 3. The highest BCUT2D eigenvalue weighted by Crippen LogP contribution is 2.19. The second-order valence-electron chi connectivity index (χ2n) is 7.85. The van der Waals surface area contributed by atoms with Gasteiger partial charge in [-0.05, 0) is 30.2 Å². The van der Waals surface area contributed by atoms with Crippen LogP contribution in [0.1, 0.15) is 24.5 Å². The van der Waals surface area contributed by atoms with E-state index < -0.39 is 12.6 Å². The Balaban J connectivity index is 0.00000385. The number of nitrogens with one attached hydrogen (secondary N) is 2. The maximum Gasteiger partial charge on any atom is 0.390 e. The molecule has 3 rings (SSSR count). The molecule has 0 bridgehead atoms. The van der Waals surface area contributed by atoms with Gasteiger partial charge in [0.05, 0.1) is 13.0 Å². The lowest BCUT2D eigenvalue weighted by molar-refractivity contribution is -0.132. The Kier molecular flexibility index (Phi) is 11.3. The van der Waals surface area contributed by atoms with Gasteiger partial charge in [-0.15, -0.1) is 24.0 Å². The molecular formula is C24H33F3IN5. The van der Waals surface area contributed by atoms with E-state index in [0.717, 1.165) is 38.3 Å². The van der Waals surface area contributed by atoms with E-state index >= 15 is 0 Å². The van der Waals surface area contributed by atoms with Crippen LogP contribution in [0.2, 0.25) is 0 Å². The van der Waals surface area contributed by atoms with E-state index in [2.05, 4.69) is 55.8 Å². The molecule has 1 aliphatic heterocycles. The average molecular weight is 575 g/mol. The fraction of sp³-hybridized carbons (Fsp3) is 0.458. The molecule has 5 nitrogen and oxygen atoms in total. The third kappa shape index (κ3) is 9.40. The van der Waals surface area contributed by atoms with Crippen molar-refractivity contribution in [2.24, 2.45) is 4.99 Å². The smallest absolute Gasteiger partial charge is 0.369 e.